The van der Waals surface area contributed by atoms with Gasteiger partial charge in [0.25, 0.3) is 5.91 Å². The van der Waals surface area contributed by atoms with Crippen molar-refractivity contribution < 1.29 is 4.79 Å². The number of aromatic nitrogens is 1. The molecule has 0 aromatic carbocycles. The number of nitrogens with zero attached hydrogens (tertiary/aromatic N) is 2. The number of pyridine rings is 1. The summed E-state index contributed by atoms with van der Waals surface area (Å²) in [7, 11) is 0. The number of hydrogen-bond acceptors (Lipinski definition) is 4. The number of nitrogens with two attached hydrogens (primary N) is 1. The predicted octanol–water partition coefficient (Wildman–Crippen LogP) is 3.42. The standard InChI is InChI=1S/C15H25BrN4O/c1-5-12(6-2)20(9-10(3)4)15(21)13-7-11(16)8-18-14(13)19-17/h7-8,10,12H,5-6,9,17H2,1-4H3,(H,18,19). The van der Waals surface area contributed by atoms with E-state index in [2.05, 4.69) is 54.0 Å². The van der Waals surface area contributed by atoms with E-state index in [0.29, 0.717) is 17.3 Å². The Hall–Kier alpha value is -1.14. The molecule has 0 saturated carbocycles. The zero-order chi connectivity index (χ0) is 16.0. The first-order valence-corrected chi connectivity index (χ1v) is 8.16. The Balaban J connectivity index is 3.18. The van der Waals surface area contributed by atoms with E-state index >= 15 is 0 Å². The molecule has 0 radical (unpaired) electrons. The van der Waals surface area contributed by atoms with Crippen molar-refractivity contribution in [3.63, 3.8) is 0 Å². The van der Waals surface area contributed by atoms with E-state index in [9.17, 15) is 4.79 Å². The fourth-order valence-electron chi connectivity index (χ4n) is 2.39. The molecule has 0 aliphatic heterocycles. The van der Waals surface area contributed by atoms with Gasteiger partial charge in [-0.05, 0) is 40.8 Å². The van der Waals surface area contributed by atoms with Crippen LogP contribution in [0.4, 0.5) is 5.82 Å². The van der Waals surface area contributed by atoms with Crippen molar-refractivity contribution in [1.82, 2.24) is 9.88 Å². The van der Waals surface area contributed by atoms with Gasteiger partial charge in [0.1, 0.15) is 0 Å². The Morgan fingerprint density at radius 1 is 1.43 bits per heavy atom. The number of hydrogen-bond donors (Lipinski definition) is 2. The maximum atomic E-state index is 12.9. The second-order valence-electron chi connectivity index (χ2n) is 5.52. The quantitative estimate of drug-likeness (QED) is 0.579. The number of hydrazine groups is 1. The van der Waals surface area contributed by atoms with Gasteiger partial charge in [0, 0.05) is 23.3 Å². The fraction of sp³-hybridized carbons (Fsp3) is 0.600. The number of carbonyl (C=O) groups excluding carboxylic acids is 1. The second kappa shape index (κ2) is 8.34. The summed E-state index contributed by atoms with van der Waals surface area (Å²) < 4.78 is 0.763. The zero-order valence-corrected chi connectivity index (χ0v) is 14.8. The lowest BCUT2D eigenvalue weighted by atomic mass is 10.1. The first-order valence-electron chi connectivity index (χ1n) is 7.37. The van der Waals surface area contributed by atoms with Crippen LogP contribution in [0.25, 0.3) is 0 Å². The van der Waals surface area contributed by atoms with Gasteiger partial charge in [0.05, 0.1) is 5.56 Å². The van der Waals surface area contributed by atoms with E-state index in [0.717, 1.165) is 23.9 Å². The lowest BCUT2D eigenvalue weighted by Gasteiger charge is -2.32. The number of anilines is 1. The van der Waals surface area contributed by atoms with Crippen molar-refractivity contribution in [1.29, 1.82) is 0 Å². The van der Waals surface area contributed by atoms with Gasteiger partial charge in [-0.2, -0.15) is 0 Å². The molecule has 21 heavy (non-hydrogen) atoms. The second-order valence-corrected chi connectivity index (χ2v) is 6.43. The van der Waals surface area contributed by atoms with E-state index in [1.54, 1.807) is 12.3 Å². The van der Waals surface area contributed by atoms with Gasteiger partial charge >= 0.3 is 0 Å². The fourth-order valence-corrected chi connectivity index (χ4v) is 2.72. The van der Waals surface area contributed by atoms with Crippen LogP contribution in [0, 0.1) is 5.92 Å². The van der Waals surface area contributed by atoms with Crippen molar-refractivity contribution in [2.75, 3.05) is 12.0 Å². The van der Waals surface area contributed by atoms with Gasteiger partial charge in [0.15, 0.2) is 5.82 Å². The SMILES string of the molecule is CCC(CC)N(CC(C)C)C(=O)c1cc(Br)cnc1NN. The van der Waals surface area contributed by atoms with Crippen molar-refractivity contribution in [2.24, 2.45) is 11.8 Å². The molecule has 0 unspecified atom stereocenters. The van der Waals surface area contributed by atoms with Crippen LogP contribution in [-0.2, 0) is 0 Å². The highest BCUT2D eigenvalue weighted by Crippen LogP contribution is 2.22. The Morgan fingerprint density at radius 2 is 2.05 bits per heavy atom. The maximum Gasteiger partial charge on any atom is 0.257 e. The number of halogens is 1. The number of nitrogens with one attached hydrogen (secondary N) is 1. The first-order chi connectivity index (χ1) is 9.94. The third-order valence-corrected chi connectivity index (χ3v) is 3.86. The van der Waals surface area contributed by atoms with Gasteiger partial charge < -0.3 is 10.3 Å². The summed E-state index contributed by atoms with van der Waals surface area (Å²) in [5.74, 6) is 6.27. The summed E-state index contributed by atoms with van der Waals surface area (Å²) in [6.07, 6.45) is 3.49. The van der Waals surface area contributed by atoms with E-state index in [4.69, 9.17) is 5.84 Å². The van der Waals surface area contributed by atoms with Crippen LogP contribution in [0.15, 0.2) is 16.7 Å². The molecule has 5 nitrogen and oxygen atoms in total. The van der Waals surface area contributed by atoms with Gasteiger partial charge in [-0.1, -0.05) is 27.7 Å². The summed E-state index contributed by atoms with van der Waals surface area (Å²) in [5.41, 5.74) is 3.01. The molecule has 6 heteroatoms. The molecule has 1 amide bonds. The monoisotopic (exact) mass is 356 g/mol. The summed E-state index contributed by atoms with van der Waals surface area (Å²) >= 11 is 3.36. The molecule has 0 bridgehead atoms. The topological polar surface area (TPSA) is 71.2 Å². The molecule has 0 saturated heterocycles. The first kappa shape index (κ1) is 17.9. The molecular weight excluding hydrogens is 332 g/mol. The summed E-state index contributed by atoms with van der Waals surface area (Å²) in [6, 6.07) is 1.99. The normalized spacial score (nSPS) is 11.0. The largest absolute Gasteiger partial charge is 0.335 e. The molecule has 0 aliphatic carbocycles. The van der Waals surface area contributed by atoms with E-state index in [1.165, 1.54) is 0 Å². The van der Waals surface area contributed by atoms with Gasteiger partial charge in [-0.3, -0.25) is 4.79 Å². The molecule has 0 spiro atoms. The molecule has 118 valence electrons. The molecule has 1 aromatic rings. The number of carbonyl (C=O) groups is 1. The summed E-state index contributed by atoms with van der Waals surface area (Å²) in [4.78, 5) is 19.0. The van der Waals surface area contributed by atoms with Crippen molar-refractivity contribution in [3.8, 4) is 0 Å². The minimum atomic E-state index is -0.0286. The van der Waals surface area contributed by atoms with Crippen LogP contribution < -0.4 is 11.3 Å². The van der Waals surface area contributed by atoms with Crippen LogP contribution in [0.1, 0.15) is 50.9 Å². The third-order valence-electron chi connectivity index (χ3n) is 3.43. The summed E-state index contributed by atoms with van der Waals surface area (Å²) in [5, 5.41) is 0. The van der Waals surface area contributed by atoms with Crippen molar-refractivity contribution in [2.45, 2.75) is 46.6 Å². The maximum absolute atomic E-state index is 12.9. The van der Waals surface area contributed by atoms with E-state index < -0.39 is 0 Å². The molecule has 1 aromatic heterocycles. The molecular formula is C15H25BrN4O. The number of rotatable bonds is 7. The lowest BCUT2D eigenvalue weighted by Crippen LogP contribution is -2.42. The van der Waals surface area contributed by atoms with Crippen molar-refractivity contribution in [3.05, 3.63) is 22.3 Å². The highest BCUT2D eigenvalue weighted by Gasteiger charge is 2.25. The van der Waals surface area contributed by atoms with Gasteiger partial charge in [-0.15, -0.1) is 0 Å². The smallest absolute Gasteiger partial charge is 0.257 e. The summed E-state index contributed by atoms with van der Waals surface area (Å²) in [6.45, 7) is 9.17. The third kappa shape index (κ3) is 4.68. The van der Waals surface area contributed by atoms with Crippen LogP contribution in [-0.4, -0.2) is 28.4 Å². The Bertz CT molecular complexity index is 475. The molecule has 1 heterocycles. The number of nitrogen functional groups attached to an aromatic ring is 1. The van der Waals surface area contributed by atoms with Crippen LogP contribution >= 0.6 is 15.9 Å². The van der Waals surface area contributed by atoms with Crippen molar-refractivity contribution >= 4 is 27.7 Å². The average molecular weight is 357 g/mol. The Kier molecular flexibility index (Phi) is 7.11. The highest BCUT2D eigenvalue weighted by atomic mass is 79.9. The minimum Gasteiger partial charge on any atom is -0.335 e. The number of amides is 1. The van der Waals surface area contributed by atoms with Gasteiger partial charge in [0.2, 0.25) is 0 Å². The van der Waals surface area contributed by atoms with Crippen LogP contribution in [0.2, 0.25) is 0 Å². The lowest BCUT2D eigenvalue weighted by molar-refractivity contribution is 0.0641. The molecule has 3 N–H and O–H groups in total. The Labute approximate surface area is 135 Å². The van der Waals surface area contributed by atoms with E-state index in [-0.39, 0.29) is 11.9 Å². The van der Waals surface area contributed by atoms with Crippen LogP contribution in [0.3, 0.4) is 0 Å². The zero-order valence-electron chi connectivity index (χ0n) is 13.2. The molecule has 0 aliphatic rings. The predicted molar refractivity (Wildman–Crippen MR) is 90.0 cm³/mol. The van der Waals surface area contributed by atoms with Crippen LogP contribution in [0.5, 0.6) is 0 Å². The minimum absolute atomic E-state index is 0.0286. The molecule has 0 atom stereocenters. The molecule has 1 rings (SSSR count). The Morgan fingerprint density at radius 3 is 2.52 bits per heavy atom. The average Bonchev–Trinajstić information content (AvgIpc) is 2.46. The molecule has 0 fully saturated rings. The van der Waals surface area contributed by atoms with E-state index in [1.807, 2.05) is 4.90 Å². The van der Waals surface area contributed by atoms with Gasteiger partial charge in [-0.25, -0.2) is 10.8 Å². The highest BCUT2D eigenvalue weighted by molar-refractivity contribution is 9.10.